The molecule has 2 heterocycles. The van der Waals surface area contributed by atoms with Crippen LogP contribution in [-0.4, -0.2) is 5.16 Å². The van der Waals surface area contributed by atoms with E-state index < -0.39 is 0 Å². The minimum Gasteiger partial charge on any atom is -0.454 e. The Morgan fingerprint density at radius 3 is 2.73 bits per heavy atom. The zero-order valence-corrected chi connectivity index (χ0v) is 7.81. The van der Waals surface area contributed by atoms with E-state index in [-0.39, 0.29) is 5.88 Å². The maximum absolute atomic E-state index is 5.59. The molecular formula is C11H8N2O2. The molecule has 3 aromatic rings. The highest BCUT2D eigenvalue weighted by atomic mass is 16.5. The normalized spacial score (nSPS) is 10.9. The number of para-hydroxylation sites is 1. The van der Waals surface area contributed by atoms with Crippen molar-refractivity contribution in [3.05, 3.63) is 36.4 Å². The Kier molecular flexibility index (Phi) is 1.56. The molecule has 0 fully saturated rings. The second-order valence-electron chi connectivity index (χ2n) is 3.26. The zero-order valence-electron chi connectivity index (χ0n) is 7.81. The first-order valence-electron chi connectivity index (χ1n) is 4.54. The van der Waals surface area contributed by atoms with Gasteiger partial charge in [0.1, 0.15) is 5.58 Å². The lowest BCUT2D eigenvalue weighted by Crippen LogP contribution is -1.75. The summed E-state index contributed by atoms with van der Waals surface area (Å²) in [6.07, 6.45) is 0. The van der Waals surface area contributed by atoms with Crippen LogP contribution in [0.25, 0.3) is 22.4 Å². The van der Waals surface area contributed by atoms with Crippen LogP contribution in [-0.2, 0) is 0 Å². The van der Waals surface area contributed by atoms with Crippen molar-refractivity contribution in [2.45, 2.75) is 0 Å². The molecular weight excluding hydrogens is 192 g/mol. The number of nitrogens with two attached hydrogens (primary N) is 1. The quantitative estimate of drug-likeness (QED) is 0.655. The lowest BCUT2D eigenvalue weighted by atomic mass is 10.2. The van der Waals surface area contributed by atoms with Gasteiger partial charge in [-0.05, 0) is 12.1 Å². The number of hydrogen-bond acceptors (Lipinski definition) is 4. The van der Waals surface area contributed by atoms with Gasteiger partial charge in [-0.25, -0.2) is 0 Å². The first kappa shape index (κ1) is 8.11. The number of nitrogen functional groups attached to an aromatic ring is 1. The fourth-order valence-corrected chi connectivity index (χ4v) is 1.51. The monoisotopic (exact) mass is 200 g/mol. The highest BCUT2D eigenvalue weighted by Gasteiger charge is 2.09. The molecule has 3 rings (SSSR count). The number of aromatic nitrogens is 1. The maximum Gasteiger partial charge on any atom is 0.222 e. The van der Waals surface area contributed by atoms with E-state index in [2.05, 4.69) is 5.16 Å². The van der Waals surface area contributed by atoms with Crippen LogP contribution in [0.5, 0.6) is 0 Å². The second-order valence-corrected chi connectivity index (χ2v) is 3.26. The lowest BCUT2D eigenvalue weighted by Gasteiger charge is -1.84. The molecule has 0 saturated heterocycles. The Hall–Kier alpha value is -2.23. The maximum atomic E-state index is 5.59. The molecule has 2 aromatic heterocycles. The molecule has 0 aliphatic carbocycles. The van der Waals surface area contributed by atoms with Crippen LogP contribution in [0.3, 0.4) is 0 Å². The largest absolute Gasteiger partial charge is 0.454 e. The summed E-state index contributed by atoms with van der Waals surface area (Å²) in [5.41, 5.74) is 6.88. The van der Waals surface area contributed by atoms with Gasteiger partial charge in [-0.1, -0.05) is 23.4 Å². The van der Waals surface area contributed by atoms with Crippen molar-refractivity contribution >= 4 is 16.9 Å². The Labute approximate surface area is 85.3 Å². The topological polar surface area (TPSA) is 65.2 Å². The van der Waals surface area contributed by atoms with E-state index in [1.165, 1.54) is 0 Å². The van der Waals surface area contributed by atoms with E-state index in [1.54, 1.807) is 6.07 Å². The summed E-state index contributed by atoms with van der Waals surface area (Å²) < 4.78 is 10.4. The average Bonchev–Trinajstić information content (AvgIpc) is 2.82. The highest BCUT2D eigenvalue weighted by Crippen LogP contribution is 2.27. The Morgan fingerprint density at radius 2 is 2.00 bits per heavy atom. The summed E-state index contributed by atoms with van der Waals surface area (Å²) >= 11 is 0. The lowest BCUT2D eigenvalue weighted by molar-refractivity contribution is 0.436. The molecule has 4 nitrogen and oxygen atoms in total. The minimum atomic E-state index is 0.283. The zero-order chi connectivity index (χ0) is 10.3. The summed E-state index contributed by atoms with van der Waals surface area (Å²) in [6.45, 7) is 0. The van der Waals surface area contributed by atoms with Crippen molar-refractivity contribution in [2.24, 2.45) is 0 Å². The van der Waals surface area contributed by atoms with Gasteiger partial charge >= 0.3 is 0 Å². The standard InChI is InChI=1S/C11H8N2O2/c12-11-6-8(13-15-11)10-5-7-3-1-2-4-9(7)14-10/h1-6H,12H2. The summed E-state index contributed by atoms with van der Waals surface area (Å²) in [6, 6.07) is 11.3. The van der Waals surface area contributed by atoms with Crippen molar-refractivity contribution in [3.63, 3.8) is 0 Å². The molecule has 0 amide bonds. The molecule has 0 saturated carbocycles. The van der Waals surface area contributed by atoms with E-state index >= 15 is 0 Å². The van der Waals surface area contributed by atoms with Crippen LogP contribution < -0.4 is 5.73 Å². The van der Waals surface area contributed by atoms with Gasteiger partial charge in [-0.3, -0.25) is 0 Å². The van der Waals surface area contributed by atoms with E-state index in [0.29, 0.717) is 11.5 Å². The molecule has 1 aromatic carbocycles. The predicted octanol–water partition coefficient (Wildman–Crippen LogP) is 2.67. The van der Waals surface area contributed by atoms with E-state index in [4.69, 9.17) is 14.7 Å². The van der Waals surface area contributed by atoms with Gasteiger partial charge in [-0.15, -0.1) is 0 Å². The first-order valence-corrected chi connectivity index (χ1v) is 4.54. The van der Waals surface area contributed by atoms with Crippen LogP contribution in [0.4, 0.5) is 5.88 Å². The van der Waals surface area contributed by atoms with Gasteiger partial charge < -0.3 is 14.7 Å². The predicted molar refractivity (Wildman–Crippen MR) is 56.1 cm³/mol. The van der Waals surface area contributed by atoms with Crippen molar-refractivity contribution in [1.82, 2.24) is 5.16 Å². The molecule has 0 radical (unpaired) electrons. The molecule has 0 bridgehead atoms. The van der Waals surface area contributed by atoms with Gasteiger partial charge in [0.05, 0.1) is 0 Å². The van der Waals surface area contributed by atoms with E-state index in [0.717, 1.165) is 11.0 Å². The average molecular weight is 200 g/mol. The Balaban J connectivity index is 2.19. The summed E-state index contributed by atoms with van der Waals surface area (Å²) in [4.78, 5) is 0. The second kappa shape index (κ2) is 2.88. The molecule has 0 aliphatic rings. The summed E-state index contributed by atoms with van der Waals surface area (Å²) in [5, 5.41) is 4.82. The van der Waals surface area contributed by atoms with Crippen LogP contribution in [0.15, 0.2) is 45.3 Å². The smallest absolute Gasteiger partial charge is 0.222 e. The number of rotatable bonds is 1. The number of benzene rings is 1. The number of hydrogen-bond donors (Lipinski definition) is 1. The van der Waals surface area contributed by atoms with Crippen LogP contribution >= 0.6 is 0 Å². The third-order valence-electron chi connectivity index (χ3n) is 2.21. The third-order valence-corrected chi connectivity index (χ3v) is 2.21. The van der Waals surface area contributed by atoms with Crippen molar-refractivity contribution in [3.8, 4) is 11.5 Å². The fraction of sp³-hybridized carbons (Fsp3) is 0. The molecule has 0 atom stereocenters. The Morgan fingerprint density at radius 1 is 1.13 bits per heavy atom. The van der Waals surface area contributed by atoms with Crippen LogP contribution in [0.2, 0.25) is 0 Å². The third kappa shape index (κ3) is 1.27. The molecule has 4 heteroatoms. The molecule has 2 N–H and O–H groups in total. The number of furan rings is 1. The minimum absolute atomic E-state index is 0.283. The van der Waals surface area contributed by atoms with Crippen molar-refractivity contribution < 1.29 is 8.94 Å². The van der Waals surface area contributed by atoms with Crippen molar-refractivity contribution in [1.29, 1.82) is 0 Å². The number of anilines is 1. The molecule has 74 valence electrons. The number of nitrogens with zero attached hydrogens (tertiary/aromatic N) is 1. The molecule has 0 unspecified atom stereocenters. The summed E-state index contributed by atoms with van der Waals surface area (Å²) in [7, 11) is 0. The number of fused-ring (bicyclic) bond motifs is 1. The molecule has 0 spiro atoms. The SMILES string of the molecule is Nc1cc(-c2cc3ccccc3o2)no1. The molecule has 15 heavy (non-hydrogen) atoms. The van der Waals surface area contributed by atoms with Crippen molar-refractivity contribution in [2.75, 3.05) is 5.73 Å². The van der Waals surface area contributed by atoms with E-state index in [9.17, 15) is 0 Å². The Bertz CT molecular complexity index is 577. The van der Waals surface area contributed by atoms with Crippen LogP contribution in [0.1, 0.15) is 0 Å². The van der Waals surface area contributed by atoms with Crippen LogP contribution in [0, 0.1) is 0 Å². The van der Waals surface area contributed by atoms with E-state index in [1.807, 2.05) is 30.3 Å². The van der Waals surface area contributed by atoms with Gasteiger partial charge in [0.25, 0.3) is 0 Å². The first-order chi connectivity index (χ1) is 7.33. The fourth-order valence-electron chi connectivity index (χ4n) is 1.51. The summed E-state index contributed by atoms with van der Waals surface area (Å²) in [5.74, 6) is 0.946. The highest BCUT2D eigenvalue weighted by molar-refractivity contribution is 5.82. The van der Waals surface area contributed by atoms with Gasteiger partial charge in [-0.2, -0.15) is 0 Å². The van der Waals surface area contributed by atoms with Gasteiger partial charge in [0.15, 0.2) is 11.5 Å². The molecule has 0 aliphatic heterocycles. The van der Waals surface area contributed by atoms with Gasteiger partial charge in [0.2, 0.25) is 5.88 Å². The van der Waals surface area contributed by atoms with Gasteiger partial charge in [0, 0.05) is 11.5 Å².